The van der Waals surface area contributed by atoms with E-state index in [1.165, 1.54) is 0 Å². The van der Waals surface area contributed by atoms with Gasteiger partial charge < -0.3 is 9.30 Å². The Hall–Kier alpha value is -2.03. The molecular weight excluding hydrogens is 236 g/mol. The molecule has 0 amide bonds. The van der Waals surface area contributed by atoms with E-state index >= 15 is 0 Å². The van der Waals surface area contributed by atoms with Crippen LogP contribution in [0.2, 0.25) is 0 Å². The summed E-state index contributed by atoms with van der Waals surface area (Å²) in [5.41, 5.74) is 1.88. The molecule has 0 bridgehead atoms. The fourth-order valence-corrected chi connectivity index (χ4v) is 1.79. The van der Waals surface area contributed by atoms with Crippen molar-refractivity contribution in [2.24, 2.45) is 5.92 Å². The second-order valence-electron chi connectivity index (χ2n) is 4.94. The van der Waals surface area contributed by atoms with Crippen molar-refractivity contribution in [3.05, 3.63) is 55.1 Å². The second kappa shape index (κ2) is 6.23. The van der Waals surface area contributed by atoms with Crippen LogP contribution in [-0.2, 0) is 0 Å². The zero-order valence-corrected chi connectivity index (χ0v) is 11.5. The van der Waals surface area contributed by atoms with Gasteiger partial charge in [0.25, 0.3) is 0 Å². The van der Waals surface area contributed by atoms with Crippen molar-refractivity contribution >= 4 is 5.70 Å². The fourth-order valence-electron chi connectivity index (χ4n) is 1.79. The maximum Gasteiger partial charge on any atom is 0.128 e. The first kappa shape index (κ1) is 13.4. The lowest BCUT2D eigenvalue weighted by Gasteiger charge is -2.14. The molecule has 3 heteroatoms. The van der Waals surface area contributed by atoms with E-state index in [4.69, 9.17) is 4.74 Å². The number of para-hydroxylation sites is 1. The van der Waals surface area contributed by atoms with Gasteiger partial charge in [-0.3, -0.25) is 0 Å². The quantitative estimate of drug-likeness (QED) is 0.785. The van der Waals surface area contributed by atoms with Crippen molar-refractivity contribution in [2.45, 2.75) is 20.3 Å². The Kier molecular flexibility index (Phi) is 4.39. The van der Waals surface area contributed by atoms with Gasteiger partial charge >= 0.3 is 0 Å². The summed E-state index contributed by atoms with van der Waals surface area (Å²) >= 11 is 0. The minimum absolute atomic E-state index is 0.643. The van der Waals surface area contributed by atoms with E-state index in [9.17, 15) is 0 Å². The van der Waals surface area contributed by atoms with Crippen LogP contribution in [0.25, 0.3) is 5.70 Å². The summed E-state index contributed by atoms with van der Waals surface area (Å²) in [4.78, 5) is 4.05. The van der Waals surface area contributed by atoms with Gasteiger partial charge in [-0.15, -0.1) is 0 Å². The third kappa shape index (κ3) is 3.47. The number of rotatable bonds is 6. The van der Waals surface area contributed by atoms with Gasteiger partial charge in [0.15, 0.2) is 0 Å². The van der Waals surface area contributed by atoms with Gasteiger partial charge in [0.2, 0.25) is 0 Å². The first-order chi connectivity index (χ1) is 9.18. The molecule has 2 aromatic rings. The monoisotopic (exact) mass is 256 g/mol. The van der Waals surface area contributed by atoms with E-state index in [0.29, 0.717) is 5.92 Å². The molecule has 3 nitrogen and oxygen atoms in total. The first-order valence-corrected chi connectivity index (χ1v) is 6.58. The third-order valence-electron chi connectivity index (χ3n) is 2.97. The lowest BCUT2D eigenvalue weighted by molar-refractivity contribution is 0.288. The van der Waals surface area contributed by atoms with Crippen LogP contribution in [0.3, 0.4) is 0 Å². The minimum atomic E-state index is 0.643. The minimum Gasteiger partial charge on any atom is -0.493 e. The van der Waals surface area contributed by atoms with Crippen LogP contribution < -0.4 is 4.74 Å². The smallest absolute Gasteiger partial charge is 0.128 e. The van der Waals surface area contributed by atoms with Crippen molar-refractivity contribution in [3.63, 3.8) is 0 Å². The highest BCUT2D eigenvalue weighted by atomic mass is 16.5. The van der Waals surface area contributed by atoms with Crippen LogP contribution >= 0.6 is 0 Å². The van der Waals surface area contributed by atoms with Gasteiger partial charge in [-0.2, -0.15) is 0 Å². The molecule has 0 aliphatic rings. The van der Waals surface area contributed by atoms with Crippen molar-refractivity contribution in [3.8, 4) is 5.75 Å². The molecule has 2 rings (SSSR count). The zero-order chi connectivity index (χ0) is 13.7. The summed E-state index contributed by atoms with van der Waals surface area (Å²) in [6.45, 7) is 9.23. The summed E-state index contributed by atoms with van der Waals surface area (Å²) < 4.78 is 7.77. The number of imidazole rings is 1. The van der Waals surface area contributed by atoms with Gasteiger partial charge in [-0.25, -0.2) is 4.98 Å². The highest BCUT2D eigenvalue weighted by molar-refractivity contribution is 5.68. The summed E-state index contributed by atoms with van der Waals surface area (Å²) in [5.74, 6) is 1.52. The number of benzene rings is 1. The number of aromatic nitrogens is 2. The van der Waals surface area contributed by atoms with Gasteiger partial charge in [0, 0.05) is 18.0 Å². The Morgan fingerprint density at radius 1 is 1.37 bits per heavy atom. The summed E-state index contributed by atoms with van der Waals surface area (Å²) in [6.07, 6.45) is 6.42. The largest absolute Gasteiger partial charge is 0.493 e. The van der Waals surface area contributed by atoms with Crippen molar-refractivity contribution in [2.75, 3.05) is 6.61 Å². The lowest BCUT2D eigenvalue weighted by Crippen LogP contribution is -2.04. The molecule has 0 aliphatic heterocycles. The van der Waals surface area contributed by atoms with Crippen LogP contribution in [-0.4, -0.2) is 16.2 Å². The van der Waals surface area contributed by atoms with Crippen molar-refractivity contribution in [1.29, 1.82) is 0 Å². The van der Waals surface area contributed by atoms with E-state index in [1.54, 1.807) is 12.5 Å². The summed E-state index contributed by atoms with van der Waals surface area (Å²) in [5, 5.41) is 0. The standard InChI is InChI=1S/C16H20N2O/c1-13(2)8-11-19-16-7-5-4-6-15(16)14(3)18-10-9-17-12-18/h4-7,9-10,12-13H,3,8,11H2,1-2H3. The summed E-state index contributed by atoms with van der Waals surface area (Å²) in [7, 11) is 0. The van der Waals surface area contributed by atoms with Crippen LogP contribution in [0.4, 0.5) is 0 Å². The molecule has 19 heavy (non-hydrogen) atoms. The number of nitrogens with zero attached hydrogens (tertiary/aromatic N) is 2. The van der Waals surface area contributed by atoms with Gasteiger partial charge in [0.05, 0.1) is 18.6 Å². The molecule has 0 radical (unpaired) electrons. The van der Waals surface area contributed by atoms with Crippen LogP contribution in [0, 0.1) is 5.92 Å². The van der Waals surface area contributed by atoms with Gasteiger partial charge in [-0.1, -0.05) is 32.6 Å². The highest BCUT2D eigenvalue weighted by Crippen LogP contribution is 2.26. The Morgan fingerprint density at radius 3 is 2.84 bits per heavy atom. The van der Waals surface area contributed by atoms with Gasteiger partial charge in [0.1, 0.15) is 5.75 Å². The first-order valence-electron chi connectivity index (χ1n) is 6.58. The normalized spacial score (nSPS) is 10.7. The van der Waals surface area contributed by atoms with E-state index in [2.05, 4.69) is 25.4 Å². The molecule has 0 fully saturated rings. The van der Waals surface area contributed by atoms with Crippen LogP contribution in [0.5, 0.6) is 5.75 Å². The molecule has 0 aliphatic carbocycles. The van der Waals surface area contributed by atoms with Crippen LogP contribution in [0.15, 0.2) is 49.6 Å². The molecule has 0 atom stereocenters. The van der Waals surface area contributed by atoms with Crippen molar-refractivity contribution < 1.29 is 4.74 Å². The van der Waals surface area contributed by atoms with Crippen LogP contribution in [0.1, 0.15) is 25.8 Å². The maximum atomic E-state index is 5.87. The Morgan fingerprint density at radius 2 is 2.16 bits per heavy atom. The fraction of sp³-hybridized carbons (Fsp3) is 0.312. The SMILES string of the molecule is C=C(c1ccccc1OCCC(C)C)n1ccnc1. The number of hydrogen-bond acceptors (Lipinski definition) is 2. The lowest BCUT2D eigenvalue weighted by atomic mass is 10.1. The van der Waals surface area contributed by atoms with E-state index in [1.807, 2.05) is 35.0 Å². The average Bonchev–Trinajstić information content (AvgIpc) is 2.92. The van der Waals surface area contributed by atoms with Crippen molar-refractivity contribution in [1.82, 2.24) is 9.55 Å². The number of hydrogen-bond donors (Lipinski definition) is 0. The predicted molar refractivity (Wildman–Crippen MR) is 78.1 cm³/mol. The van der Waals surface area contributed by atoms with E-state index in [0.717, 1.165) is 30.0 Å². The molecule has 0 spiro atoms. The average molecular weight is 256 g/mol. The molecule has 100 valence electrons. The second-order valence-corrected chi connectivity index (χ2v) is 4.94. The Bertz CT molecular complexity index is 529. The third-order valence-corrected chi connectivity index (χ3v) is 2.97. The molecule has 1 aromatic carbocycles. The highest BCUT2D eigenvalue weighted by Gasteiger charge is 2.08. The molecule has 0 N–H and O–H groups in total. The van der Waals surface area contributed by atoms with E-state index < -0.39 is 0 Å². The topological polar surface area (TPSA) is 27.1 Å². The molecule has 1 heterocycles. The Labute approximate surface area is 114 Å². The molecule has 0 saturated heterocycles. The molecular formula is C16H20N2O. The molecule has 1 aromatic heterocycles. The molecule has 0 saturated carbocycles. The predicted octanol–water partition coefficient (Wildman–Crippen LogP) is 3.83. The summed E-state index contributed by atoms with van der Waals surface area (Å²) in [6, 6.07) is 7.98. The zero-order valence-electron chi connectivity index (χ0n) is 11.5. The molecule has 0 unspecified atom stereocenters. The Balaban J connectivity index is 2.14. The maximum absolute atomic E-state index is 5.87. The number of ether oxygens (including phenoxy) is 1. The van der Waals surface area contributed by atoms with E-state index in [-0.39, 0.29) is 0 Å². The van der Waals surface area contributed by atoms with Gasteiger partial charge in [-0.05, 0) is 24.5 Å².